The molecule has 3 rings (SSSR count). The molecule has 0 radical (unpaired) electrons. The van der Waals surface area contributed by atoms with Crippen LogP contribution in [0.5, 0.6) is 0 Å². The predicted octanol–water partition coefficient (Wildman–Crippen LogP) is 1.30. The predicted molar refractivity (Wildman–Crippen MR) is 92.1 cm³/mol. The van der Waals surface area contributed by atoms with Gasteiger partial charge in [0.2, 0.25) is 11.7 Å². The maximum Gasteiger partial charge on any atom is 0.442 e. The summed E-state index contributed by atoms with van der Waals surface area (Å²) in [6, 6.07) is 4.58. The smallest absolute Gasteiger partial charge is 0.335 e. The van der Waals surface area contributed by atoms with Gasteiger partial charge in [0.15, 0.2) is 0 Å². The molecule has 1 fully saturated rings. The lowest BCUT2D eigenvalue weighted by atomic mass is 9.86. The van der Waals surface area contributed by atoms with Gasteiger partial charge in [0.1, 0.15) is 12.2 Å². The van der Waals surface area contributed by atoms with Crippen LogP contribution in [0.3, 0.4) is 0 Å². The Morgan fingerprint density at radius 2 is 2.12 bits per heavy atom. The van der Waals surface area contributed by atoms with Crippen LogP contribution in [0.25, 0.3) is 11.5 Å². The van der Waals surface area contributed by atoms with Crippen molar-refractivity contribution in [2.75, 3.05) is 0 Å². The summed E-state index contributed by atoms with van der Waals surface area (Å²) in [6.45, 7) is 1.70. The first-order valence-electron chi connectivity index (χ1n) is 8.63. The molecule has 0 aromatic carbocycles. The molecule has 2 atom stereocenters. The van der Waals surface area contributed by atoms with Crippen LogP contribution in [0.4, 0.5) is 4.79 Å². The fourth-order valence-electron chi connectivity index (χ4n) is 3.13. The summed E-state index contributed by atoms with van der Waals surface area (Å²) in [4.78, 5) is 40.1. The van der Waals surface area contributed by atoms with Crippen molar-refractivity contribution in [3.8, 4) is 11.5 Å². The number of hydrogen-bond acceptors (Lipinski definition) is 6. The molecule has 9 heteroatoms. The number of nitrogens with one attached hydrogen (secondary N) is 2. The SMILES string of the molecule is C[C@H]1CCCC[C@@H]1NC(=O)NC(=O)Cn1c(-c2ccccn2)noc1=O. The first-order valence-corrected chi connectivity index (χ1v) is 8.63. The fraction of sp³-hybridized carbons (Fsp3) is 0.471. The van der Waals surface area contributed by atoms with Gasteiger partial charge in [-0.15, -0.1) is 0 Å². The summed E-state index contributed by atoms with van der Waals surface area (Å²) in [5, 5.41) is 8.74. The summed E-state index contributed by atoms with van der Waals surface area (Å²) in [6.07, 6.45) is 5.72. The van der Waals surface area contributed by atoms with Crippen molar-refractivity contribution in [2.24, 2.45) is 5.92 Å². The third kappa shape index (κ3) is 4.16. The summed E-state index contributed by atoms with van der Waals surface area (Å²) in [5.74, 6) is -0.913. The molecule has 1 aliphatic carbocycles. The number of hydrogen-bond donors (Lipinski definition) is 2. The maximum atomic E-state index is 12.2. The minimum atomic E-state index is -0.790. The van der Waals surface area contributed by atoms with Crippen molar-refractivity contribution in [1.29, 1.82) is 0 Å². The first kappa shape index (κ1) is 17.8. The van der Waals surface area contributed by atoms with Gasteiger partial charge < -0.3 is 5.32 Å². The molecule has 1 aliphatic rings. The highest BCUT2D eigenvalue weighted by Crippen LogP contribution is 2.23. The van der Waals surface area contributed by atoms with E-state index in [1.807, 2.05) is 0 Å². The Kier molecular flexibility index (Phi) is 5.45. The van der Waals surface area contributed by atoms with Gasteiger partial charge in [-0.2, -0.15) is 0 Å². The molecule has 0 spiro atoms. The number of carbonyl (C=O) groups excluding carboxylic acids is 2. The van der Waals surface area contributed by atoms with E-state index in [0.717, 1.165) is 30.3 Å². The molecule has 3 amide bonds. The second kappa shape index (κ2) is 7.94. The number of carbonyl (C=O) groups is 2. The van der Waals surface area contributed by atoms with Crippen molar-refractivity contribution in [1.82, 2.24) is 25.3 Å². The summed E-state index contributed by atoms with van der Waals surface area (Å²) >= 11 is 0. The number of amides is 3. The van der Waals surface area contributed by atoms with Crippen molar-refractivity contribution in [3.63, 3.8) is 0 Å². The van der Waals surface area contributed by atoms with Gasteiger partial charge in [-0.25, -0.2) is 14.2 Å². The molecule has 2 aromatic rings. The van der Waals surface area contributed by atoms with E-state index in [4.69, 9.17) is 0 Å². The summed E-state index contributed by atoms with van der Waals surface area (Å²) in [7, 11) is 0. The van der Waals surface area contributed by atoms with Crippen LogP contribution in [-0.4, -0.2) is 32.7 Å². The molecular weight excluding hydrogens is 338 g/mol. The van der Waals surface area contributed by atoms with E-state index in [1.54, 1.807) is 18.2 Å². The number of rotatable bonds is 4. The highest BCUT2D eigenvalue weighted by molar-refractivity contribution is 5.94. The Morgan fingerprint density at radius 1 is 1.31 bits per heavy atom. The largest absolute Gasteiger partial charge is 0.442 e. The zero-order valence-corrected chi connectivity index (χ0v) is 14.5. The van der Waals surface area contributed by atoms with Crippen molar-refractivity contribution in [2.45, 2.75) is 45.2 Å². The Balaban J connectivity index is 1.63. The van der Waals surface area contributed by atoms with E-state index in [9.17, 15) is 14.4 Å². The molecule has 9 nitrogen and oxygen atoms in total. The van der Waals surface area contributed by atoms with Crippen LogP contribution < -0.4 is 16.4 Å². The molecule has 2 N–H and O–H groups in total. The molecule has 1 saturated carbocycles. The number of imide groups is 1. The molecule has 2 heterocycles. The van der Waals surface area contributed by atoms with Crippen LogP contribution in [-0.2, 0) is 11.3 Å². The van der Waals surface area contributed by atoms with Gasteiger partial charge in [-0.1, -0.05) is 31.0 Å². The van der Waals surface area contributed by atoms with Crippen LogP contribution in [0, 0.1) is 5.92 Å². The average Bonchev–Trinajstić information content (AvgIpc) is 2.98. The van der Waals surface area contributed by atoms with Gasteiger partial charge in [0.25, 0.3) is 0 Å². The molecule has 2 aromatic heterocycles. The maximum absolute atomic E-state index is 12.2. The van der Waals surface area contributed by atoms with Crippen LogP contribution >= 0.6 is 0 Å². The third-order valence-electron chi connectivity index (χ3n) is 4.56. The van der Waals surface area contributed by atoms with Crippen molar-refractivity contribution < 1.29 is 14.1 Å². The first-order chi connectivity index (χ1) is 12.5. The van der Waals surface area contributed by atoms with E-state index in [2.05, 4.69) is 32.2 Å². The zero-order chi connectivity index (χ0) is 18.5. The van der Waals surface area contributed by atoms with E-state index < -0.39 is 17.7 Å². The van der Waals surface area contributed by atoms with Crippen LogP contribution in [0.15, 0.2) is 33.7 Å². The molecule has 0 unspecified atom stereocenters. The monoisotopic (exact) mass is 359 g/mol. The van der Waals surface area contributed by atoms with Crippen LogP contribution in [0.1, 0.15) is 32.6 Å². The Bertz CT molecular complexity index is 829. The zero-order valence-electron chi connectivity index (χ0n) is 14.5. The quantitative estimate of drug-likeness (QED) is 0.849. The minimum Gasteiger partial charge on any atom is -0.335 e. The number of pyridine rings is 1. The van der Waals surface area contributed by atoms with E-state index in [1.165, 1.54) is 6.20 Å². The van der Waals surface area contributed by atoms with Crippen molar-refractivity contribution >= 4 is 11.9 Å². The number of urea groups is 1. The lowest BCUT2D eigenvalue weighted by Crippen LogP contribution is -2.48. The normalized spacial score (nSPS) is 19.7. The Hall–Kier alpha value is -2.97. The Morgan fingerprint density at radius 3 is 2.85 bits per heavy atom. The topological polar surface area (TPSA) is 119 Å². The van der Waals surface area contributed by atoms with Gasteiger partial charge in [-0.05, 0) is 30.9 Å². The van der Waals surface area contributed by atoms with Gasteiger partial charge >= 0.3 is 11.8 Å². The molecule has 0 aliphatic heterocycles. The lowest BCUT2D eigenvalue weighted by molar-refractivity contribution is -0.120. The standard InChI is InChI=1S/C17H21N5O4/c1-11-6-2-3-7-12(11)19-16(24)20-14(23)10-22-15(21-26-17(22)25)13-8-4-5-9-18-13/h4-5,8-9,11-12H,2-3,6-7,10H2,1H3,(H2,19,20,23,24)/t11-,12-/m0/s1. The highest BCUT2D eigenvalue weighted by Gasteiger charge is 2.24. The minimum absolute atomic E-state index is 0.0546. The molecule has 0 bridgehead atoms. The molecule has 0 saturated heterocycles. The van der Waals surface area contributed by atoms with E-state index in [0.29, 0.717) is 11.6 Å². The van der Waals surface area contributed by atoms with E-state index >= 15 is 0 Å². The highest BCUT2D eigenvalue weighted by atomic mass is 16.5. The third-order valence-corrected chi connectivity index (χ3v) is 4.56. The number of aromatic nitrogens is 3. The van der Waals surface area contributed by atoms with Gasteiger partial charge in [-0.3, -0.25) is 19.6 Å². The summed E-state index contributed by atoms with van der Waals surface area (Å²) < 4.78 is 5.66. The molecule has 26 heavy (non-hydrogen) atoms. The molecular formula is C17H21N5O4. The molecule has 138 valence electrons. The second-order valence-corrected chi connectivity index (χ2v) is 6.46. The van der Waals surface area contributed by atoms with Crippen LogP contribution in [0.2, 0.25) is 0 Å². The Labute approximate surface area is 149 Å². The van der Waals surface area contributed by atoms with Gasteiger partial charge in [0.05, 0.1) is 0 Å². The summed E-state index contributed by atoms with van der Waals surface area (Å²) in [5.41, 5.74) is 0.395. The average molecular weight is 359 g/mol. The van der Waals surface area contributed by atoms with Crippen molar-refractivity contribution in [3.05, 3.63) is 34.9 Å². The second-order valence-electron chi connectivity index (χ2n) is 6.46. The van der Waals surface area contributed by atoms with E-state index in [-0.39, 0.29) is 18.4 Å². The lowest BCUT2D eigenvalue weighted by Gasteiger charge is -2.29. The number of nitrogens with zero attached hydrogens (tertiary/aromatic N) is 3. The van der Waals surface area contributed by atoms with Gasteiger partial charge in [0, 0.05) is 12.2 Å². The fourth-order valence-corrected chi connectivity index (χ4v) is 3.13.